The molecule has 2 heterocycles. The Balaban J connectivity index is 2.15. The summed E-state index contributed by atoms with van der Waals surface area (Å²) in [5.41, 5.74) is 0. The number of halogens is 2. The molecule has 1 unspecified atom stereocenters. The molecule has 5 heteroatoms. The molecule has 2 aromatic heterocycles. The Labute approximate surface area is 115 Å². The number of aryl methyl sites for hydroxylation is 1. The Morgan fingerprint density at radius 3 is 2.71 bits per heavy atom. The molecule has 2 aromatic rings. The molecule has 0 fully saturated rings. The zero-order valence-electron chi connectivity index (χ0n) is 9.50. The van der Waals surface area contributed by atoms with Crippen molar-refractivity contribution in [2.24, 2.45) is 0 Å². The maximum atomic E-state index is 6.06. The molecule has 0 saturated heterocycles. The van der Waals surface area contributed by atoms with Crippen molar-refractivity contribution in [1.82, 2.24) is 4.98 Å². The fraction of sp³-hybridized carbons (Fsp3) is 0.250. The van der Waals surface area contributed by atoms with Gasteiger partial charge in [0.2, 0.25) is 0 Å². The SMILES string of the molecule is Cc1ccc(C(C)Nc2ncc(Cl)cc2Cl)s1. The summed E-state index contributed by atoms with van der Waals surface area (Å²) < 4.78 is 0. The average molecular weight is 287 g/mol. The monoisotopic (exact) mass is 286 g/mol. The average Bonchev–Trinajstić information content (AvgIpc) is 2.69. The van der Waals surface area contributed by atoms with Crippen LogP contribution in [0.4, 0.5) is 5.82 Å². The molecule has 0 aliphatic heterocycles. The predicted molar refractivity (Wildman–Crippen MR) is 75.4 cm³/mol. The van der Waals surface area contributed by atoms with Gasteiger partial charge in [0.25, 0.3) is 0 Å². The van der Waals surface area contributed by atoms with E-state index in [1.165, 1.54) is 9.75 Å². The van der Waals surface area contributed by atoms with Crippen LogP contribution in [-0.4, -0.2) is 4.98 Å². The summed E-state index contributed by atoms with van der Waals surface area (Å²) in [6.07, 6.45) is 1.59. The van der Waals surface area contributed by atoms with Gasteiger partial charge >= 0.3 is 0 Å². The number of hydrogen-bond acceptors (Lipinski definition) is 3. The maximum absolute atomic E-state index is 6.06. The minimum absolute atomic E-state index is 0.180. The van der Waals surface area contributed by atoms with Crippen LogP contribution < -0.4 is 5.32 Å². The van der Waals surface area contributed by atoms with Gasteiger partial charge in [0, 0.05) is 16.0 Å². The molecule has 0 radical (unpaired) electrons. The Morgan fingerprint density at radius 2 is 2.12 bits per heavy atom. The molecule has 2 rings (SSSR count). The summed E-state index contributed by atoms with van der Waals surface area (Å²) in [7, 11) is 0. The van der Waals surface area contributed by atoms with E-state index in [1.807, 2.05) is 0 Å². The summed E-state index contributed by atoms with van der Waals surface area (Å²) in [6.45, 7) is 4.17. The van der Waals surface area contributed by atoms with E-state index in [-0.39, 0.29) is 6.04 Å². The summed E-state index contributed by atoms with van der Waals surface area (Å²) in [4.78, 5) is 6.73. The van der Waals surface area contributed by atoms with Crippen LogP contribution in [-0.2, 0) is 0 Å². The largest absolute Gasteiger partial charge is 0.362 e. The molecule has 0 amide bonds. The van der Waals surface area contributed by atoms with E-state index in [1.54, 1.807) is 23.6 Å². The third-order valence-electron chi connectivity index (χ3n) is 2.35. The van der Waals surface area contributed by atoms with Gasteiger partial charge in [-0.1, -0.05) is 23.2 Å². The van der Waals surface area contributed by atoms with E-state index >= 15 is 0 Å². The standard InChI is InChI=1S/C12H12Cl2N2S/c1-7-3-4-11(17-7)8(2)16-12-10(14)5-9(13)6-15-12/h3-6,8H,1-2H3,(H,15,16). The first-order chi connectivity index (χ1) is 8.06. The second-order valence-electron chi connectivity index (χ2n) is 3.80. The van der Waals surface area contributed by atoms with Gasteiger partial charge in [-0.25, -0.2) is 4.98 Å². The highest BCUT2D eigenvalue weighted by Gasteiger charge is 2.10. The van der Waals surface area contributed by atoms with Crippen LogP contribution >= 0.6 is 34.5 Å². The van der Waals surface area contributed by atoms with Crippen molar-refractivity contribution in [2.75, 3.05) is 5.32 Å². The van der Waals surface area contributed by atoms with Crippen LogP contribution in [0, 0.1) is 6.92 Å². The number of aromatic nitrogens is 1. The van der Waals surface area contributed by atoms with E-state index < -0.39 is 0 Å². The normalized spacial score (nSPS) is 12.5. The zero-order chi connectivity index (χ0) is 12.4. The minimum Gasteiger partial charge on any atom is -0.362 e. The van der Waals surface area contributed by atoms with Gasteiger partial charge in [-0.05, 0) is 32.0 Å². The zero-order valence-corrected chi connectivity index (χ0v) is 11.8. The Hall–Kier alpha value is -0.770. The van der Waals surface area contributed by atoms with E-state index in [4.69, 9.17) is 23.2 Å². The van der Waals surface area contributed by atoms with Crippen LogP contribution in [0.5, 0.6) is 0 Å². The lowest BCUT2D eigenvalue weighted by atomic mass is 10.2. The summed E-state index contributed by atoms with van der Waals surface area (Å²) in [6, 6.07) is 6.08. The van der Waals surface area contributed by atoms with E-state index in [9.17, 15) is 0 Å². The first kappa shape index (κ1) is 12.7. The first-order valence-corrected chi connectivity index (χ1v) is 6.77. The van der Waals surface area contributed by atoms with Crippen molar-refractivity contribution in [2.45, 2.75) is 19.9 Å². The summed E-state index contributed by atoms with van der Waals surface area (Å²) in [5, 5.41) is 4.36. The second-order valence-corrected chi connectivity index (χ2v) is 5.96. The fourth-order valence-corrected chi connectivity index (χ4v) is 2.80. The van der Waals surface area contributed by atoms with Crippen molar-refractivity contribution < 1.29 is 0 Å². The quantitative estimate of drug-likeness (QED) is 0.865. The van der Waals surface area contributed by atoms with Gasteiger partial charge < -0.3 is 5.32 Å². The maximum Gasteiger partial charge on any atom is 0.145 e. The van der Waals surface area contributed by atoms with Crippen molar-refractivity contribution in [3.63, 3.8) is 0 Å². The van der Waals surface area contributed by atoms with E-state index in [0.29, 0.717) is 15.9 Å². The molecule has 1 atom stereocenters. The van der Waals surface area contributed by atoms with Gasteiger partial charge in [-0.15, -0.1) is 11.3 Å². The number of thiophene rings is 1. The molecule has 17 heavy (non-hydrogen) atoms. The van der Waals surface area contributed by atoms with Crippen LogP contribution in [0.2, 0.25) is 10.0 Å². The lowest BCUT2D eigenvalue weighted by molar-refractivity contribution is 0.897. The lowest BCUT2D eigenvalue weighted by Gasteiger charge is -2.13. The Kier molecular flexibility index (Phi) is 3.92. The molecular formula is C12H12Cl2N2S. The van der Waals surface area contributed by atoms with Gasteiger partial charge in [0.05, 0.1) is 16.1 Å². The number of rotatable bonds is 3. The molecule has 0 aromatic carbocycles. The van der Waals surface area contributed by atoms with Gasteiger partial charge in [-0.3, -0.25) is 0 Å². The molecule has 2 nitrogen and oxygen atoms in total. The summed E-state index contributed by atoms with van der Waals surface area (Å²) in [5.74, 6) is 0.662. The third kappa shape index (κ3) is 3.12. The predicted octanol–water partition coefficient (Wildman–Crippen LogP) is 4.93. The molecule has 1 N–H and O–H groups in total. The van der Waals surface area contributed by atoms with Gasteiger partial charge in [0.15, 0.2) is 0 Å². The Morgan fingerprint density at radius 1 is 1.35 bits per heavy atom. The first-order valence-electron chi connectivity index (χ1n) is 5.20. The van der Waals surface area contributed by atoms with Crippen molar-refractivity contribution in [1.29, 1.82) is 0 Å². The fourth-order valence-electron chi connectivity index (χ4n) is 1.48. The van der Waals surface area contributed by atoms with Crippen LogP contribution in [0.3, 0.4) is 0 Å². The van der Waals surface area contributed by atoms with Crippen molar-refractivity contribution in [3.05, 3.63) is 44.2 Å². The van der Waals surface area contributed by atoms with Crippen LogP contribution in [0.25, 0.3) is 0 Å². The number of nitrogens with zero attached hydrogens (tertiary/aromatic N) is 1. The number of hydrogen-bond donors (Lipinski definition) is 1. The van der Waals surface area contributed by atoms with Crippen molar-refractivity contribution in [3.8, 4) is 0 Å². The highest BCUT2D eigenvalue weighted by Crippen LogP contribution is 2.29. The number of anilines is 1. The molecule has 0 aliphatic rings. The Bertz CT molecular complexity index is 525. The van der Waals surface area contributed by atoms with E-state index in [0.717, 1.165) is 0 Å². The topological polar surface area (TPSA) is 24.9 Å². The second kappa shape index (κ2) is 5.25. The molecule has 0 spiro atoms. The molecule has 0 bridgehead atoms. The number of pyridine rings is 1. The van der Waals surface area contributed by atoms with Gasteiger partial charge in [0.1, 0.15) is 5.82 Å². The highest BCUT2D eigenvalue weighted by molar-refractivity contribution is 7.12. The number of nitrogens with one attached hydrogen (secondary N) is 1. The molecule has 0 saturated carbocycles. The van der Waals surface area contributed by atoms with Crippen LogP contribution in [0.15, 0.2) is 24.4 Å². The molecule has 0 aliphatic carbocycles. The van der Waals surface area contributed by atoms with Gasteiger partial charge in [-0.2, -0.15) is 0 Å². The van der Waals surface area contributed by atoms with Crippen molar-refractivity contribution >= 4 is 40.4 Å². The van der Waals surface area contributed by atoms with E-state index in [2.05, 4.69) is 36.3 Å². The smallest absolute Gasteiger partial charge is 0.145 e. The highest BCUT2D eigenvalue weighted by atomic mass is 35.5. The minimum atomic E-state index is 0.180. The third-order valence-corrected chi connectivity index (χ3v) is 4.03. The lowest BCUT2D eigenvalue weighted by Crippen LogP contribution is -2.06. The molecular weight excluding hydrogens is 275 g/mol. The van der Waals surface area contributed by atoms with Crippen LogP contribution in [0.1, 0.15) is 22.7 Å². The summed E-state index contributed by atoms with van der Waals surface area (Å²) >= 11 is 13.6. The molecule has 90 valence electrons.